The zero-order chi connectivity index (χ0) is 16.8. The second-order valence-corrected chi connectivity index (χ2v) is 10.2. The van der Waals surface area contributed by atoms with E-state index in [0.717, 1.165) is 18.2 Å². The summed E-state index contributed by atoms with van der Waals surface area (Å²) in [6.07, 6.45) is 12.5. The normalized spacial score (nSPS) is 24.2. The van der Waals surface area contributed by atoms with Crippen molar-refractivity contribution in [2.75, 3.05) is 5.75 Å². The molecule has 0 amide bonds. The van der Waals surface area contributed by atoms with Crippen LogP contribution in [0.4, 0.5) is 0 Å². The topological polar surface area (TPSA) is 17.8 Å². The Morgan fingerprint density at radius 3 is 2.83 bits per heavy atom. The lowest BCUT2D eigenvalue weighted by molar-refractivity contribution is 0.598. The van der Waals surface area contributed by atoms with E-state index < -0.39 is 0 Å². The third-order valence-corrected chi connectivity index (χ3v) is 8.03. The molecule has 2 atom stereocenters. The lowest BCUT2D eigenvalue weighted by atomic mass is 10.1. The van der Waals surface area contributed by atoms with Gasteiger partial charge in [-0.1, -0.05) is 49.6 Å². The Hall–Kier alpha value is -0.870. The fourth-order valence-corrected chi connectivity index (χ4v) is 7.28. The van der Waals surface area contributed by atoms with Crippen LogP contribution in [-0.2, 0) is 13.0 Å². The van der Waals surface area contributed by atoms with Crippen molar-refractivity contribution in [1.82, 2.24) is 9.55 Å². The van der Waals surface area contributed by atoms with Crippen LogP contribution in [0, 0.1) is 6.92 Å². The number of rotatable bonds is 7. The smallest absolute Gasteiger partial charge is 0.0946 e. The fraction of sp³-hybridized carbons (Fsp3) is 0.550. The third kappa shape index (κ3) is 4.82. The van der Waals surface area contributed by atoms with E-state index >= 15 is 0 Å². The van der Waals surface area contributed by atoms with Crippen molar-refractivity contribution in [2.45, 2.75) is 61.8 Å². The van der Waals surface area contributed by atoms with Gasteiger partial charge in [-0.25, -0.2) is 4.98 Å². The quantitative estimate of drug-likeness (QED) is 0.644. The molecule has 1 aromatic carbocycles. The first-order valence-corrected chi connectivity index (χ1v) is 10.9. The molecule has 1 saturated heterocycles. The van der Waals surface area contributed by atoms with Gasteiger partial charge < -0.3 is 4.57 Å². The first-order valence-electron chi connectivity index (χ1n) is 9.02. The minimum absolute atomic E-state index is 0.229. The lowest BCUT2D eigenvalue weighted by Crippen LogP contribution is -2.36. The number of hydrogen-bond donors (Lipinski definition) is 0. The van der Waals surface area contributed by atoms with Gasteiger partial charge in [-0.15, -0.1) is 23.5 Å². The maximum absolute atomic E-state index is 4.25. The summed E-state index contributed by atoms with van der Waals surface area (Å²) in [4.78, 5) is 4.25. The number of aryl methyl sites for hydroxylation is 1. The Labute approximate surface area is 154 Å². The summed E-state index contributed by atoms with van der Waals surface area (Å²) in [5.74, 6) is 1.28. The van der Waals surface area contributed by atoms with E-state index in [9.17, 15) is 0 Å². The molecule has 0 N–H and O–H groups in total. The molecule has 1 aliphatic heterocycles. The summed E-state index contributed by atoms with van der Waals surface area (Å²) in [6, 6.07) is 9.10. The molecule has 130 valence electrons. The van der Waals surface area contributed by atoms with Gasteiger partial charge in [0.05, 0.1) is 10.4 Å². The highest BCUT2D eigenvalue weighted by atomic mass is 32.2. The second-order valence-electron chi connectivity index (χ2n) is 6.83. The minimum atomic E-state index is 0.229. The van der Waals surface area contributed by atoms with Crippen LogP contribution < -0.4 is 0 Å². The molecule has 4 heteroatoms. The third-order valence-electron chi connectivity index (χ3n) is 4.64. The van der Waals surface area contributed by atoms with Crippen molar-refractivity contribution in [3.63, 3.8) is 0 Å². The summed E-state index contributed by atoms with van der Waals surface area (Å²) in [5, 5.41) is 0.806. The average molecular weight is 361 g/mol. The van der Waals surface area contributed by atoms with Gasteiger partial charge in [0.1, 0.15) is 0 Å². The molecule has 2 heterocycles. The molecule has 1 aliphatic rings. The van der Waals surface area contributed by atoms with Crippen molar-refractivity contribution in [1.29, 1.82) is 0 Å². The number of benzene rings is 1. The number of nitrogens with zero attached hydrogens (tertiary/aromatic N) is 2. The van der Waals surface area contributed by atoms with E-state index in [-0.39, 0.29) is 4.08 Å². The molecule has 24 heavy (non-hydrogen) atoms. The van der Waals surface area contributed by atoms with Crippen LogP contribution in [-0.4, -0.2) is 24.6 Å². The number of unbranched alkanes of at least 4 members (excludes halogenated alkanes) is 1. The van der Waals surface area contributed by atoms with Crippen LogP contribution in [0.2, 0.25) is 0 Å². The van der Waals surface area contributed by atoms with Crippen LogP contribution in [0.25, 0.3) is 0 Å². The Morgan fingerprint density at radius 2 is 2.12 bits per heavy atom. The van der Waals surface area contributed by atoms with E-state index in [2.05, 4.69) is 77.4 Å². The molecule has 2 aromatic rings. The average Bonchev–Trinajstić information content (AvgIpc) is 3.08. The zero-order valence-electron chi connectivity index (χ0n) is 14.8. The summed E-state index contributed by atoms with van der Waals surface area (Å²) < 4.78 is 2.49. The molecule has 2 unspecified atom stereocenters. The first-order chi connectivity index (χ1) is 11.7. The highest BCUT2D eigenvalue weighted by molar-refractivity contribution is 8.19. The SMILES string of the molecule is CCCCC1CCSC(Cc2ccc(C)cc2)(Cn2ccnc2)S1. The number of hydrogen-bond acceptors (Lipinski definition) is 3. The van der Waals surface area contributed by atoms with Gasteiger partial charge in [0, 0.05) is 24.2 Å². The van der Waals surface area contributed by atoms with Crippen molar-refractivity contribution < 1.29 is 0 Å². The summed E-state index contributed by atoms with van der Waals surface area (Å²) in [7, 11) is 0. The second kappa shape index (κ2) is 8.48. The summed E-state index contributed by atoms with van der Waals surface area (Å²) in [5.41, 5.74) is 2.80. The van der Waals surface area contributed by atoms with Crippen molar-refractivity contribution in [3.05, 3.63) is 54.1 Å². The highest BCUT2D eigenvalue weighted by Gasteiger charge is 2.38. The predicted octanol–water partition coefficient (Wildman–Crippen LogP) is 5.56. The van der Waals surface area contributed by atoms with E-state index in [0.29, 0.717) is 0 Å². The Kier molecular flexibility index (Phi) is 6.34. The van der Waals surface area contributed by atoms with E-state index in [1.165, 1.54) is 42.6 Å². The molecular formula is C20H28N2S2. The van der Waals surface area contributed by atoms with Crippen LogP contribution >= 0.6 is 23.5 Å². The van der Waals surface area contributed by atoms with Crippen LogP contribution in [0.5, 0.6) is 0 Å². The molecule has 0 aliphatic carbocycles. The van der Waals surface area contributed by atoms with Crippen molar-refractivity contribution in [3.8, 4) is 0 Å². The first kappa shape index (κ1) is 17.9. The molecule has 1 aromatic heterocycles. The van der Waals surface area contributed by atoms with Gasteiger partial charge >= 0.3 is 0 Å². The summed E-state index contributed by atoms with van der Waals surface area (Å²) in [6.45, 7) is 5.50. The van der Waals surface area contributed by atoms with Crippen LogP contribution in [0.3, 0.4) is 0 Å². The number of imidazole rings is 1. The van der Waals surface area contributed by atoms with E-state index in [1.807, 2.05) is 12.5 Å². The van der Waals surface area contributed by atoms with Crippen molar-refractivity contribution in [2.24, 2.45) is 0 Å². The molecule has 2 nitrogen and oxygen atoms in total. The maximum Gasteiger partial charge on any atom is 0.0946 e. The molecule has 0 spiro atoms. The highest BCUT2D eigenvalue weighted by Crippen LogP contribution is 2.50. The van der Waals surface area contributed by atoms with E-state index in [1.54, 1.807) is 0 Å². The molecule has 3 rings (SSSR count). The standard InChI is InChI=1S/C20H28N2S2/c1-3-4-5-19-10-13-23-20(24-19,15-22-12-11-21-16-22)14-18-8-6-17(2)7-9-18/h6-9,11-12,16,19H,3-5,10,13-15H2,1-2H3. The Balaban J connectivity index is 1.78. The van der Waals surface area contributed by atoms with Gasteiger partial charge in [0.2, 0.25) is 0 Å². The lowest BCUT2D eigenvalue weighted by Gasteiger charge is -2.40. The molecule has 0 bridgehead atoms. The van der Waals surface area contributed by atoms with Gasteiger partial charge in [0.15, 0.2) is 0 Å². The number of thioether (sulfide) groups is 2. The van der Waals surface area contributed by atoms with Gasteiger partial charge in [-0.2, -0.15) is 0 Å². The van der Waals surface area contributed by atoms with Gasteiger partial charge in [0.25, 0.3) is 0 Å². The van der Waals surface area contributed by atoms with Crippen LogP contribution in [0.15, 0.2) is 43.0 Å². The Bertz CT molecular complexity index is 609. The molecule has 1 fully saturated rings. The largest absolute Gasteiger partial charge is 0.335 e. The molecule has 0 radical (unpaired) electrons. The Morgan fingerprint density at radius 1 is 1.29 bits per heavy atom. The van der Waals surface area contributed by atoms with Crippen LogP contribution in [0.1, 0.15) is 43.7 Å². The van der Waals surface area contributed by atoms with E-state index in [4.69, 9.17) is 0 Å². The zero-order valence-corrected chi connectivity index (χ0v) is 16.4. The van der Waals surface area contributed by atoms with Gasteiger partial charge in [-0.3, -0.25) is 0 Å². The summed E-state index contributed by atoms with van der Waals surface area (Å²) >= 11 is 4.39. The number of aromatic nitrogens is 2. The van der Waals surface area contributed by atoms with Gasteiger partial charge in [-0.05, 0) is 37.5 Å². The molecule has 0 saturated carbocycles. The minimum Gasteiger partial charge on any atom is -0.335 e. The monoisotopic (exact) mass is 360 g/mol. The molecular weight excluding hydrogens is 332 g/mol. The fourth-order valence-electron chi connectivity index (χ4n) is 3.31. The predicted molar refractivity (Wildman–Crippen MR) is 108 cm³/mol. The van der Waals surface area contributed by atoms with Crippen molar-refractivity contribution >= 4 is 23.5 Å². The maximum atomic E-state index is 4.25.